The minimum atomic E-state index is -0.124. The Morgan fingerprint density at radius 2 is 1.07 bits per heavy atom. The van der Waals surface area contributed by atoms with Crippen LogP contribution >= 0.6 is 0 Å². The van der Waals surface area contributed by atoms with Crippen molar-refractivity contribution in [3.63, 3.8) is 0 Å². The molecule has 0 aliphatic carbocycles. The van der Waals surface area contributed by atoms with Crippen molar-refractivity contribution in [1.29, 1.82) is 0 Å². The third-order valence-corrected chi connectivity index (χ3v) is 4.67. The molecule has 2 aromatic heterocycles. The standard InChI is InChI=1S/C21H20N4O2/c26-20-18(22-14-8-4-6-10-16(14)24-20)12-2-1-3-13-19-21(27)25-17-11-7-5-9-15(17)23-19/h4-11H,1-3,12-13H2,(H,24,26)(H,25,27). The fraction of sp³-hybridized carbons (Fsp3) is 0.238. The normalized spacial score (nSPS) is 11.3. The van der Waals surface area contributed by atoms with Crippen LogP contribution in [0.3, 0.4) is 0 Å². The van der Waals surface area contributed by atoms with E-state index >= 15 is 0 Å². The Bertz CT molecular complexity index is 1110. The summed E-state index contributed by atoms with van der Waals surface area (Å²) in [5.41, 5.74) is 4.01. The van der Waals surface area contributed by atoms with Gasteiger partial charge < -0.3 is 9.97 Å². The van der Waals surface area contributed by atoms with Gasteiger partial charge in [0.2, 0.25) is 0 Å². The summed E-state index contributed by atoms with van der Waals surface area (Å²) in [6, 6.07) is 15.1. The molecule has 0 aliphatic rings. The molecule has 0 spiro atoms. The summed E-state index contributed by atoms with van der Waals surface area (Å²) in [5.74, 6) is 0. The van der Waals surface area contributed by atoms with Crippen molar-refractivity contribution < 1.29 is 0 Å². The summed E-state index contributed by atoms with van der Waals surface area (Å²) >= 11 is 0. The second-order valence-electron chi connectivity index (χ2n) is 6.62. The topological polar surface area (TPSA) is 91.5 Å². The Hall–Kier alpha value is -3.28. The van der Waals surface area contributed by atoms with E-state index in [4.69, 9.17) is 0 Å². The highest BCUT2D eigenvalue weighted by molar-refractivity contribution is 5.74. The van der Waals surface area contributed by atoms with Gasteiger partial charge in [0.1, 0.15) is 11.4 Å². The predicted octanol–water partition coefficient (Wildman–Crippen LogP) is 3.12. The first-order valence-corrected chi connectivity index (χ1v) is 9.16. The second kappa shape index (κ2) is 7.53. The number of para-hydroxylation sites is 4. The van der Waals surface area contributed by atoms with Crippen LogP contribution in [0.5, 0.6) is 0 Å². The molecule has 6 nitrogen and oxygen atoms in total. The first-order chi connectivity index (χ1) is 13.2. The minimum absolute atomic E-state index is 0.124. The van der Waals surface area contributed by atoms with Crippen LogP contribution in [0.4, 0.5) is 0 Å². The molecule has 0 fully saturated rings. The number of nitrogens with zero attached hydrogens (tertiary/aromatic N) is 2. The van der Waals surface area contributed by atoms with E-state index in [9.17, 15) is 9.59 Å². The van der Waals surface area contributed by atoms with Gasteiger partial charge in [-0.15, -0.1) is 0 Å². The molecule has 4 rings (SSSR count). The van der Waals surface area contributed by atoms with Crippen molar-refractivity contribution in [2.24, 2.45) is 0 Å². The van der Waals surface area contributed by atoms with Gasteiger partial charge in [-0.2, -0.15) is 0 Å². The van der Waals surface area contributed by atoms with Crippen molar-refractivity contribution in [3.8, 4) is 0 Å². The molecule has 2 N–H and O–H groups in total. The molecule has 2 aromatic carbocycles. The second-order valence-corrected chi connectivity index (χ2v) is 6.62. The zero-order chi connectivity index (χ0) is 18.6. The van der Waals surface area contributed by atoms with Crippen molar-refractivity contribution in [2.75, 3.05) is 0 Å². The molecule has 6 heteroatoms. The quantitative estimate of drug-likeness (QED) is 0.517. The van der Waals surface area contributed by atoms with Crippen molar-refractivity contribution in [2.45, 2.75) is 32.1 Å². The molecular weight excluding hydrogens is 340 g/mol. The fourth-order valence-electron chi connectivity index (χ4n) is 3.24. The van der Waals surface area contributed by atoms with Gasteiger partial charge in [0.05, 0.1) is 22.1 Å². The summed E-state index contributed by atoms with van der Waals surface area (Å²) in [6.07, 6.45) is 3.85. The van der Waals surface area contributed by atoms with E-state index in [0.29, 0.717) is 24.2 Å². The number of hydrogen-bond donors (Lipinski definition) is 2. The van der Waals surface area contributed by atoms with E-state index in [0.717, 1.165) is 41.3 Å². The Labute approximate surface area is 155 Å². The highest BCUT2D eigenvalue weighted by atomic mass is 16.1. The van der Waals surface area contributed by atoms with Gasteiger partial charge >= 0.3 is 0 Å². The van der Waals surface area contributed by atoms with Crippen LogP contribution in [0.25, 0.3) is 22.1 Å². The summed E-state index contributed by atoms with van der Waals surface area (Å²) in [4.78, 5) is 38.9. The van der Waals surface area contributed by atoms with Crippen molar-refractivity contribution >= 4 is 22.1 Å². The summed E-state index contributed by atoms with van der Waals surface area (Å²) in [7, 11) is 0. The van der Waals surface area contributed by atoms with Gasteiger partial charge in [0.25, 0.3) is 11.1 Å². The lowest BCUT2D eigenvalue weighted by atomic mass is 10.1. The SMILES string of the molecule is O=c1[nH]c2ccccc2nc1CCCCCc1nc2ccccc2[nH]c1=O. The van der Waals surface area contributed by atoms with Gasteiger partial charge in [-0.3, -0.25) is 9.59 Å². The Morgan fingerprint density at radius 3 is 1.56 bits per heavy atom. The highest BCUT2D eigenvalue weighted by Gasteiger charge is 2.06. The third-order valence-electron chi connectivity index (χ3n) is 4.67. The van der Waals surface area contributed by atoms with Gasteiger partial charge in [-0.1, -0.05) is 30.7 Å². The molecule has 0 amide bonds. The first kappa shape index (κ1) is 17.1. The number of aromatic nitrogens is 4. The van der Waals surface area contributed by atoms with Crippen LogP contribution in [-0.4, -0.2) is 19.9 Å². The number of aryl methyl sites for hydroxylation is 2. The fourth-order valence-corrected chi connectivity index (χ4v) is 3.24. The molecular formula is C21H20N4O2. The first-order valence-electron chi connectivity index (χ1n) is 9.16. The van der Waals surface area contributed by atoms with E-state index < -0.39 is 0 Å². The third kappa shape index (κ3) is 3.79. The van der Waals surface area contributed by atoms with Crippen molar-refractivity contribution in [1.82, 2.24) is 19.9 Å². The van der Waals surface area contributed by atoms with E-state index in [-0.39, 0.29) is 11.1 Å². The molecule has 0 atom stereocenters. The summed E-state index contributed by atoms with van der Waals surface area (Å²) in [5, 5.41) is 0. The maximum Gasteiger partial charge on any atom is 0.270 e. The average molecular weight is 360 g/mol. The number of unbranched alkanes of at least 4 members (excludes halogenated alkanes) is 2. The Kier molecular flexibility index (Phi) is 4.78. The van der Waals surface area contributed by atoms with Gasteiger partial charge in [0, 0.05) is 0 Å². The number of fused-ring (bicyclic) bond motifs is 2. The maximum absolute atomic E-state index is 12.1. The van der Waals surface area contributed by atoms with Crippen LogP contribution in [0.15, 0.2) is 58.1 Å². The van der Waals surface area contributed by atoms with Crippen LogP contribution in [-0.2, 0) is 12.8 Å². The zero-order valence-electron chi connectivity index (χ0n) is 14.9. The minimum Gasteiger partial charge on any atom is -0.319 e. The molecule has 0 saturated carbocycles. The molecule has 0 bridgehead atoms. The van der Waals surface area contributed by atoms with Crippen molar-refractivity contribution in [3.05, 3.63) is 80.6 Å². The lowest BCUT2D eigenvalue weighted by Crippen LogP contribution is -2.16. The monoisotopic (exact) mass is 360 g/mol. The molecule has 27 heavy (non-hydrogen) atoms. The smallest absolute Gasteiger partial charge is 0.270 e. The van der Waals surface area contributed by atoms with Gasteiger partial charge in [0.15, 0.2) is 0 Å². The molecule has 0 aliphatic heterocycles. The van der Waals surface area contributed by atoms with Crippen LogP contribution in [0.2, 0.25) is 0 Å². The number of hydrogen-bond acceptors (Lipinski definition) is 4. The van der Waals surface area contributed by atoms with E-state index in [1.807, 2.05) is 48.5 Å². The summed E-state index contributed by atoms with van der Waals surface area (Å²) in [6.45, 7) is 0. The van der Waals surface area contributed by atoms with Crippen LogP contribution in [0.1, 0.15) is 30.7 Å². The zero-order valence-corrected chi connectivity index (χ0v) is 14.9. The van der Waals surface area contributed by atoms with E-state index in [1.165, 1.54) is 0 Å². The number of rotatable bonds is 6. The largest absolute Gasteiger partial charge is 0.319 e. The average Bonchev–Trinajstić information content (AvgIpc) is 2.68. The molecule has 0 saturated heterocycles. The van der Waals surface area contributed by atoms with Gasteiger partial charge in [-0.25, -0.2) is 9.97 Å². The number of benzene rings is 2. The predicted molar refractivity (Wildman–Crippen MR) is 106 cm³/mol. The molecule has 4 aromatic rings. The summed E-state index contributed by atoms with van der Waals surface area (Å²) < 4.78 is 0. The van der Waals surface area contributed by atoms with Crippen LogP contribution < -0.4 is 11.1 Å². The lowest BCUT2D eigenvalue weighted by Gasteiger charge is -2.04. The van der Waals surface area contributed by atoms with Crippen LogP contribution in [0, 0.1) is 0 Å². The molecule has 136 valence electrons. The number of aromatic amines is 2. The molecule has 0 unspecified atom stereocenters. The number of H-pyrrole nitrogens is 2. The van der Waals surface area contributed by atoms with E-state index in [2.05, 4.69) is 19.9 Å². The maximum atomic E-state index is 12.1. The Balaban J connectivity index is 1.36. The highest BCUT2D eigenvalue weighted by Crippen LogP contribution is 2.10. The molecule has 2 heterocycles. The lowest BCUT2D eigenvalue weighted by molar-refractivity contribution is 0.660. The number of nitrogens with one attached hydrogen (secondary N) is 2. The van der Waals surface area contributed by atoms with E-state index in [1.54, 1.807) is 0 Å². The van der Waals surface area contributed by atoms with Gasteiger partial charge in [-0.05, 0) is 49.9 Å². The molecule has 0 radical (unpaired) electrons. The Morgan fingerprint density at radius 1 is 0.630 bits per heavy atom.